The van der Waals surface area contributed by atoms with Crippen molar-refractivity contribution in [1.29, 1.82) is 0 Å². The van der Waals surface area contributed by atoms with Gasteiger partial charge in [0.1, 0.15) is 0 Å². The molecule has 0 aliphatic heterocycles. The minimum atomic E-state index is 0.378. The van der Waals surface area contributed by atoms with Crippen LogP contribution in [0.3, 0.4) is 0 Å². The molecule has 1 unspecified atom stereocenters. The molecule has 1 heteroatoms. The van der Waals surface area contributed by atoms with E-state index in [-0.39, 0.29) is 0 Å². The standard InChI is InChI=1S/C10H22O/c1-6-7-10(4,8-11-5)9(2)3/h9H,6-8H2,1-5H3. The lowest BCUT2D eigenvalue weighted by molar-refractivity contribution is 0.0498. The zero-order valence-electron chi connectivity index (χ0n) is 8.61. The molecule has 0 aromatic heterocycles. The summed E-state index contributed by atoms with van der Waals surface area (Å²) in [6.45, 7) is 9.98. The molecule has 0 aliphatic rings. The van der Waals surface area contributed by atoms with E-state index in [0.717, 1.165) is 6.61 Å². The first-order valence-corrected chi connectivity index (χ1v) is 4.55. The second-order valence-corrected chi connectivity index (χ2v) is 3.99. The molecular weight excluding hydrogens is 136 g/mol. The van der Waals surface area contributed by atoms with E-state index in [4.69, 9.17) is 4.74 Å². The van der Waals surface area contributed by atoms with Gasteiger partial charge in [-0.05, 0) is 17.8 Å². The lowest BCUT2D eigenvalue weighted by atomic mass is 9.76. The lowest BCUT2D eigenvalue weighted by Crippen LogP contribution is -2.28. The molecule has 0 radical (unpaired) electrons. The van der Waals surface area contributed by atoms with E-state index in [1.807, 2.05) is 0 Å². The Kier molecular flexibility index (Phi) is 4.74. The van der Waals surface area contributed by atoms with Crippen molar-refractivity contribution in [1.82, 2.24) is 0 Å². The molecule has 0 saturated carbocycles. The van der Waals surface area contributed by atoms with Crippen molar-refractivity contribution in [2.45, 2.75) is 40.5 Å². The van der Waals surface area contributed by atoms with Crippen molar-refractivity contribution < 1.29 is 4.74 Å². The van der Waals surface area contributed by atoms with Crippen LogP contribution in [0.4, 0.5) is 0 Å². The SMILES string of the molecule is CCCC(C)(COC)C(C)C. The predicted octanol–water partition coefficient (Wildman–Crippen LogP) is 3.10. The van der Waals surface area contributed by atoms with Gasteiger partial charge in [0.05, 0.1) is 6.61 Å². The van der Waals surface area contributed by atoms with E-state index < -0.39 is 0 Å². The lowest BCUT2D eigenvalue weighted by Gasteiger charge is -2.32. The van der Waals surface area contributed by atoms with Crippen molar-refractivity contribution in [3.63, 3.8) is 0 Å². The third kappa shape index (κ3) is 3.24. The molecule has 0 aliphatic carbocycles. The van der Waals surface area contributed by atoms with Crippen LogP contribution in [0.2, 0.25) is 0 Å². The summed E-state index contributed by atoms with van der Waals surface area (Å²) in [6, 6.07) is 0. The normalized spacial score (nSPS) is 16.9. The molecule has 0 rings (SSSR count). The molecule has 0 fully saturated rings. The van der Waals surface area contributed by atoms with Gasteiger partial charge in [-0.2, -0.15) is 0 Å². The Hall–Kier alpha value is -0.0400. The number of hydrogen-bond donors (Lipinski definition) is 0. The Morgan fingerprint density at radius 2 is 1.91 bits per heavy atom. The Balaban J connectivity index is 4.01. The number of methoxy groups -OCH3 is 1. The van der Waals surface area contributed by atoms with Crippen LogP contribution >= 0.6 is 0 Å². The number of hydrogen-bond acceptors (Lipinski definition) is 1. The first kappa shape index (κ1) is 11.0. The van der Waals surface area contributed by atoms with Crippen LogP contribution in [0, 0.1) is 11.3 Å². The van der Waals surface area contributed by atoms with Gasteiger partial charge in [-0.3, -0.25) is 0 Å². The molecular formula is C10H22O. The minimum absolute atomic E-state index is 0.378. The van der Waals surface area contributed by atoms with Crippen LogP contribution < -0.4 is 0 Å². The Labute approximate surface area is 71.1 Å². The van der Waals surface area contributed by atoms with Gasteiger partial charge in [0.25, 0.3) is 0 Å². The second kappa shape index (κ2) is 4.76. The summed E-state index contributed by atoms with van der Waals surface area (Å²) in [5.41, 5.74) is 0.378. The zero-order chi connectivity index (χ0) is 8.91. The third-order valence-electron chi connectivity index (χ3n) is 2.69. The maximum absolute atomic E-state index is 5.22. The van der Waals surface area contributed by atoms with Gasteiger partial charge >= 0.3 is 0 Å². The molecule has 0 heterocycles. The highest BCUT2D eigenvalue weighted by atomic mass is 16.5. The van der Waals surface area contributed by atoms with Gasteiger partial charge < -0.3 is 4.74 Å². The maximum atomic E-state index is 5.22. The molecule has 11 heavy (non-hydrogen) atoms. The summed E-state index contributed by atoms with van der Waals surface area (Å²) < 4.78 is 5.22. The fourth-order valence-corrected chi connectivity index (χ4v) is 1.43. The highest BCUT2D eigenvalue weighted by Crippen LogP contribution is 2.32. The average Bonchev–Trinajstić information content (AvgIpc) is 1.88. The van der Waals surface area contributed by atoms with Crippen LogP contribution in [0.15, 0.2) is 0 Å². The molecule has 1 nitrogen and oxygen atoms in total. The maximum Gasteiger partial charge on any atom is 0.0518 e. The van der Waals surface area contributed by atoms with Crippen molar-refractivity contribution in [3.8, 4) is 0 Å². The third-order valence-corrected chi connectivity index (χ3v) is 2.69. The van der Waals surface area contributed by atoms with E-state index >= 15 is 0 Å². The van der Waals surface area contributed by atoms with Gasteiger partial charge in [0.15, 0.2) is 0 Å². The van der Waals surface area contributed by atoms with E-state index in [9.17, 15) is 0 Å². The molecule has 1 atom stereocenters. The van der Waals surface area contributed by atoms with E-state index in [0.29, 0.717) is 11.3 Å². The van der Waals surface area contributed by atoms with E-state index in [1.165, 1.54) is 12.8 Å². The first-order valence-electron chi connectivity index (χ1n) is 4.55. The second-order valence-electron chi connectivity index (χ2n) is 3.99. The van der Waals surface area contributed by atoms with Crippen molar-refractivity contribution in [2.75, 3.05) is 13.7 Å². The van der Waals surface area contributed by atoms with E-state index in [1.54, 1.807) is 7.11 Å². The summed E-state index contributed by atoms with van der Waals surface area (Å²) in [4.78, 5) is 0. The smallest absolute Gasteiger partial charge is 0.0518 e. The van der Waals surface area contributed by atoms with Crippen LogP contribution in [-0.2, 0) is 4.74 Å². The summed E-state index contributed by atoms with van der Waals surface area (Å²) in [5, 5.41) is 0. The molecule has 0 aromatic rings. The Bertz CT molecular complexity index is 91.0. The van der Waals surface area contributed by atoms with Crippen molar-refractivity contribution in [2.24, 2.45) is 11.3 Å². The molecule has 0 N–H and O–H groups in total. The molecule has 68 valence electrons. The largest absolute Gasteiger partial charge is 0.384 e. The van der Waals surface area contributed by atoms with Crippen LogP contribution in [-0.4, -0.2) is 13.7 Å². The Morgan fingerprint density at radius 1 is 1.36 bits per heavy atom. The zero-order valence-corrected chi connectivity index (χ0v) is 8.61. The van der Waals surface area contributed by atoms with Gasteiger partial charge in [-0.25, -0.2) is 0 Å². The fraction of sp³-hybridized carbons (Fsp3) is 1.00. The molecule has 0 aromatic carbocycles. The van der Waals surface area contributed by atoms with Crippen LogP contribution in [0.1, 0.15) is 40.5 Å². The van der Waals surface area contributed by atoms with Crippen molar-refractivity contribution >= 4 is 0 Å². The fourth-order valence-electron chi connectivity index (χ4n) is 1.43. The highest BCUT2D eigenvalue weighted by molar-refractivity contribution is 4.76. The number of rotatable bonds is 5. The van der Waals surface area contributed by atoms with Gasteiger partial charge in [0.2, 0.25) is 0 Å². The molecule has 0 amide bonds. The number of ether oxygens (including phenoxy) is 1. The molecule has 0 bridgehead atoms. The summed E-state index contributed by atoms with van der Waals surface area (Å²) in [6.07, 6.45) is 2.51. The summed E-state index contributed by atoms with van der Waals surface area (Å²) in [7, 11) is 1.79. The topological polar surface area (TPSA) is 9.23 Å². The summed E-state index contributed by atoms with van der Waals surface area (Å²) in [5.74, 6) is 0.711. The highest BCUT2D eigenvalue weighted by Gasteiger charge is 2.26. The monoisotopic (exact) mass is 158 g/mol. The van der Waals surface area contributed by atoms with Crippen LogP contribution in [0.25, 0.3) is 0 Å². The first-order chi connectivity index (χ1) is 5.06. The average molecular weight is 158 g/mol. The van der Waals surface area contributed by atoms with Gasteiger partial charge in [-0.1, -0.05) is 34.1 Å². The molecule has 0 spiro atoms. The van der Waals surface area contributed by atoms with Gasteiger partial charge in [0, 0.05) is 7.11 Å². The van der Waals surface area contributed by atoms with E-state index in [2.05, 4.69) is 27.7 Å². The molecule has 0 saturated heterocycles. The predicted molar refractivity (Wildman–Crippen MR) is 49.7 cm³/mol. The van der Waals surface area contributed by atoms with Crippen molar-refractivity contribution in [3.05, 3.63) is 0 Å². The summed E-state index contributed by atoms with van der Waals surface area (Å²) >= 11 is 0. The Morgan fingerprint density at radius 3 is 2.18 bits per heavy atom. The minimum Gasteiger partial charge on any atom is -0.384 e. The quantitative estimate of drug-likeness (QED) is 0.597. The van der Waals surface area contributed by atoms with Gasteiger partial charge in [-0.15, -0.1) is 0 Å². The van der Waals surface area contributed by atoms with Crippen LogP contribution in [0.5, 0.6) is 0 Å².